The minimum absolute atomic E-state index is 0.747. The van der Waals surface area contributed by atoms with Crippen molar-refractivity contribution >= 4 is 5.69 Å². The molecule has 1 unspecified atom stereocenters. The number of anilines is 1. The Morgan fingerprint density at radius 1 is 0.950 bits per heavy atom. The van der Waals surface area contributed by atoms with Crippen LogP contribution < -0.4 is 4.90 Å². The SMILES string of the molecule is CCN(CC)c1ccc2c(c1)CCC(N(CC)CC)C2. The van der Waals surface area contributed by atoms with Crippen LogP contribution in [0.1, 0.15) is 45.2 Å². The van der Waals surface area contributed by atoms with Crippen LogP contribution in [0.4, 0.5) is 5.69 Å². The van der Waals surface area contributed by atoms with Gasteiger partial charge >= 0.3 is 0 Å². The minimum atomic E-state index is 0.747. The van der Waals surface area contributed by atoms with Crippen molar-refractivity contribution in [2.45, 2.75) is 53.0 Å². The molecule has 20 heavy (non-hydrogen) atoms. The molecular weight excluding hydrogens is 244 g/mol. The van der Waals surface area contributed by atoms with Crippen LogP contribution in [-0.2, 0) is 12.8 Å². The van der Waals surface area contributed by atoms with E-state index in [4.69, 9.17) is 0 Å². The summed E-state index contributed by atoms with van der Waals surface area (Å²) in [5.41, 5.74) is 4.55. The van der Waals surface area contributed by atoms with Gasteiger partial charge in [-0.3, -0.25) is 0 Å². The van der Waals surface area contributed by atoms with E-state index in [1.165, 1.54) is 38.0 Å². The van der Waals surface area contributed by atoms with E-state index in [1.807, 2.05) is 0 Å². The number of aryl methyl sites for hydroxylation is 1. The molecule has 0 spiro atoms. The van der Waals surface area contributed by atoms with Gasteiger partial charge in [0, 0.05) is 24.8 Å². The van der Waals surface area contributed by atoms with E-state index in [2.05, 4.69) is 55.7 Å². The van der Waals surface area contributed by atoms with Crippen LogP contribution in [0.3, 0.4) is 0 Å². The van der Waals surface area contributed by atoms with Crippen LogP contribution in [0.15, 0.2) is 18.2 Å². The van der Waals surface area contributed by atoms with Gasteiger partial charge in [0.2, 0.25) is 0 Å². The molecule has 0 fully saturated rings. The highest BCUT2D eigenvalue weighted by molar-refractivity contribution is 5.51. The fourth-order valence-corrected chi connectivity index (χ4v) is 3.56. The normalized spacial score (nSPS) is 18.1. The van der Waals surface area contributed by atoms with Gasteiger partial charge in [-0.1, -0.05) is 19.9 Å². The van der Waals surface area contributed by atoms with Gasteiger partial charge in [-0.2, -0.15) is 0 Å². The summed E-state index contributed by atoms with van der Waals surface area (Å²) < 4.78 is 0. The largest absolute Gasteiger partial charge is 0.372 e. The van der Waals surface area contributed by atoms with Gasteiger partial charge in [0.05, 0.1) is 0 Å². The molecule has 0 amide bonds. The molecule has 0 aliphatic heterocycles. The molecule has 0 saturated carbocycles. The second-order valence-electron chi connectivity index (χ2n) is 5.74. The van der Waals surface area contributed by atoms with E-state index in [0.29, 0.717) is 0 Å². The van der Waals surface area contributed by atoms with Crippen LogP contribution >= 0.6 is 0 Å². The zero-order valence-electron chi connectivity index (χ0n) is 13.7. The second kappa shape index (κ2) is 7.12. The Kier molecular flexibility index (Phi) is 5.47. The molecule has 0 aromatic heterocycles. The Labute approximate surface area is 124 Å². The Bertz CT molecular complexity index is 419. The van der Waals surface area contributed by atoms with E-state index < -0.39 is 0 Å². The van der Waals surface area contributed by atoms with Crippen LogP contribution in [0.25, 0.3) is 0 Å². The van der Waals surface area contributed by atoms with E-state index in [1.54, 1.807) is 11.1 Å². The van der Waals surface area contributed by atoms with Gasteiger partial charge in [-0.05, 0) is 69.5 Å². The summed E-state index contributed by atoms with van der Waals surface area (Å²) in [5, 5.41) is 0. The van der Waals surface area contributed by atoms with Crippen molar-refractivity contribution in [2.75, 3.05) is 31.1 Å². The fraction of sp³-hybridized carbons (Fsp3) is 0.667. The molecule has 0 radical (unpaired) electrons. The first kappa shape index (κ1) is 15.4. The third-order valence-corrected chi connectivity index (χ3v) is 4.85. The molecule has 0 heterocycles. The van der Waals surface area contributed by atoms with E-state index in [0.717, 1.165) is 19.1 Å². The molecule has 1 atom stereocenters. The number of benzene rings is 1. The zero-order chi connectivity index (χ0) is 14.5. The molecule has 1 aromatic rings. The summed E-state index contributed by atoms with van der Waals surface area (Å²) in [5.74, 6) is 0. The quantitative estimate of drug-likeness (QED) is 0.780. The maximum Gasteiger partial charge on any atom is 0.0368 e. The topological polar surface area (TPSA) is 6.48 Å². The third-order valence-electron chi connectivity index (χ3n) is 4.85. The molecule has 2 heteroatoms. The van der Waals surface area contributed by atoms with Crippen molar-refractivity contribution in [3.63, 3.8) is 0 Å². The number of nitrogens with zero attached hydrogens (tertiary/aromatic N) is 2. The minimum Gasteiger partial charge on any atom is -0.372 e. The van der Waals surface area contributed by atoms with Crippen LogP contribution in [0.5, 0.6) is 0 Å². The maximum absolute atomic E-state index is 2.61. The number of hydrogen-bond acceptors (Lipinski definition) is 2. The summed E-state index contributed by atoms with van der Waals surface area (Å²) in [6, 6.07) is 7.87. The molecule has 1 aliphatic rings. The molecular formula is C18H30N2. The van der Waals surface area contributed by atoms with Gasteiger partial charge in [0.1, 0.15) is 0 Å². The van der Waals surface area contributed by atoms with Gasteiger partial charge in [0.25, 0.3) is 0 Å². The van der Waals surface area contributed by atoms with Gasteiger partial charge in [-0.25, -0.2) is 0 Å². The highest BCUT2D eigenvalue weighted by atomic mass is 15.1. The van der Waals surface area contributed by atoms with Gasteiger partial charge < -0.3 is 9.80 Å². The summed E-state index contributed by atoms with van der Waals surface area (Å²) >= 11 is 0. The molecule has 0 bridgehead atoms. The summed E-state index contributed by atoms with van der Waals surface area (Å²) in [4.78, 5) is 5.05. The Morgan fingerprint density at radius 2 is 1.65 bits per heavy atom. The van der Waals surface area contributed by atoms with E-state index in [-0.39, 0.29) is 0 Å². The van der Waals surface area contributed by atoms with Crippen LogP contribution in [0.2, 0.25) is 0 Å². The van der Waals surface area contributed by atoms with Crippen molar-refractivity contribution in [3.05, 3.63) is 29.3 Å². The highest BCUT2D eigenvalue weighted by Crippen LogP contribution is 2.28. The highest BCUT2D eigenvalue weighted by Gasteiger charge is 2.22. The lowest BCUT2D eigenvalue weighted by Crippen LogP contribution is -2.39. The van der Waals surface area contributed by atoms with E-state index in [9.17, 15) is 0 Å². The average molecular weight is 274 g/mol. The molecule has 1 aromatic carbocycles. The molecule has 2 nitrogen and oxygen atoms in total. The lowest BCUT2D eigenvalue weighted by Gasteiger charge is -2.34. The van der Waals surface area contributed by atoms with Crippen molar-refractivity contribution in [1.82, 2.24) is 4.90 Å². The summed E-state index contributed by atoms with van der Waals surface area (Å²) in [6.07, 6.45) is 3.79. The van der Waals surface area contributed by atoms with Crippen molar-refractivity contribution < 1.29 is 0 Å². The first-order valence-electron chi connectivity index (χ1n) is 8.34. The predicted octanol–water partition coefficient (Wildman–Crippen LogP) is 3.73. The van der Waals surface area contributed by atoms with Gasteiger partial charge in [-0.15, -0.1) is 0 Å². The maximum atomic E-state index is 2.61. The van der Waals surface area contributed by atoms with Crippen LogP contribution in [0, 0.1) is 0 Å². The Balaban J connectivity index is 2.15. The van der Waals surface area contributed by atoms with Crippen molar-refractivity contribution in [3.8, 4) is 0 Å². The third kappa shape index (κ3) is 3.17. The summed E-state index contributed by atoms with van der Waals surface area (Å²) in [7, 11) is 0. The Hall–Kier alpha value is -1.02. The van der Waals surface area contributed by atoms with Crippen LogP contribution in [-0.4, -0.2) is 37.1 Å². The lowest BCUT2D eigenvalue weighted by atomic mass is 9.87. The number of likely N-dealkylation sites (N-methyl/N-ethyl adjacent to an activating group) is 1. The number of hydrogen-bond donors (Lipinski definition) is 0. The smallest absolute Gasteiger partial charge is 0.0368 e. The first-order valence-corrected chi connectivity index (χ1v) is 8.34. The Morgan fingerprint density at radius 3 is 2.25 bits per heavy atom. The second-order valence-corrected chi connectivity index (χ2v) is 5.74. The zero-order valence-corrected chi connectivity index (χ0v) is 13.7. The first-order chi connectivity index (χ1) is 9.73. The van der Waals surface area contributed by atoms with Crippen molar-refractivity contribution in [1.29, 1.82) is 0 Å². The molecule has 112 valence electrons. The van der Waals surface area contributed by atoms with Gasteiger partial charge in [0.15, 0.2) is 0 Å². The van der Waals surface area contributed by atoms with E-state index >= 15 is 0 Å². The monoisotopic (exact) mass is 274 g/mol. The molecule has 0 N–H and O–H groups in total. The molecule has 2 rings (SSSR count). The standard InChI is InChI=1S/C18H30N2/c1-5-19(6-2)17-11-9-16-14-18(20(7-3)8-4)12-10-15(16)13-17/h9,11,13,18H,5-8,10,12,14H2,1-4H3. The fourth-order valence-electron chi connectivity index (χ4n) is 3.56. The molecule has 0 saturated heterocycles. The lowest BCUT2D eigenvalue weighted by molar-refractivity contribution is 0.199. The summed E-state index contributed by atoms with van der Waals surface area (Å²) in [6.45, 7) is 13.6. The number of fused-ring (bicyclic) bond motifs is 1. The average Bonchev–Trinajstić information content (AvgIpc) is 2.49. The molecule has 1 aliphatic carbocycles. The predicted molar refractivity (Wildman–Crippen MR) is 88.7 cm³/mol. The number of rotatable bonds is 6. The van der Waals surface area contributed by atoms with Crippen molar-refractivity contribution in [2.24, 2.45) is 0 Å².